The molecule has 2 rings (SSSR count). The monoisotopic (exact) mass is 333 g/mol. The maximum absolute atomic E-state index is 11.6. The molecule has 1 aromatic heterocycles. The van der Waals surface area contributed by atoms with Crippen LogP contribution in [0.5, 0.6) is 0 Å². The normalized spacial score (nSPS) is 11.5. The van der Waals surface area contributed by atoms with Crippen molar-refractivity contribution in [1.29, 1.82) is 0 Å². The Balaban J connectivity index is 2.17. The number of nitrogens with two attached hydrogens (primary N) is 1. The van der Waals surface area contributed by atoms with Gasteiger partial charge in [0.15, 0.2) is 5.82 Å². The fraction of sp³-hybridized carbons (Fsp3) is 0.438. The first-order valence-electron chi connectivity index (χ1n) is 7.34. The third-order valence-electron chi connectivity index (χ3n) is 3.50. The highest BCUT2D eigenvalue weighted by atomic mass is 32.2. The Morgan fingerprint density at radius 3 is 2.35 bits per heavy atom. The summed E-state index contributed by atoms with van der Waals surface area (Å²) < 4.78 is 1.43. The third kappa shape index (κ3) is 4.04. The van der Waals surface area contributed by atoms with Gasteiger partial charge in [-0.25, -0.2) is 4.68 Å². The van der Waals surface area contributed by atoms with Gasteiger partial charge in [-0.15, -0.1) is 10.2 Å². The number of thioether (sulfide) groups is 1. The fourth-order valence-electron chi connectivity index (χ4n) is 1.95. The minimum atomic E-state index is 0.00841. The lowest BCUT2D eigenvalue weighted by molar-refractivity contribution is -0.125. The minimum absolute atomic E-state index is 0.00841. The van der Waals surface area contributed by atoms with Gasteiger partial charge in [-0.05, 0) is 11.0 Å². The van der Waals surface area contributed by atoms with Crippen molar-refractivity contribution in [2.45, 2.75) is 31.3 Å². The van der Waals surface area contributed by atoms with E-state index in [0.717, 1.165) is 5.56 Å². The van der Waals surface area contributed by atoms with Gasteiger partial charge in [-0.1, -0.05) is 56.8 Å². The summed E-state index contributed by atoms with van der Waals surface area (Å²) in [7, 11) is 3.44. The van der Waals surface area contributed by atoms with E-state index >= 15 is 0 Å². The number of hydrogen-bond donors (Lipinski definition) is 1. The molecule has 0 fully saturated rings. The second-order valence-corrected chi connectivity index (χ2v) is 7.52. The van der Waals surface area contributed by atoms with E-state index in [1.807, 2.05) is 12.1 Å². The zero-order valence-corrected chi connectivity index (χ0v) is 15.0. The number of carbonyl (C=O) groups is 1. The smallest absolute Gasteiger partial charge is 0.232 e. The summed E-state index contributed by atoms with van der Waals surface area (Å²) in [5, 5.41) is 8.74. The second-order valence-electron chi connectivity index (χ2n) is 6.58. The topological polar surface area (TPSA) is 77.0 Å². The molecule has 0 spiro atoms. The molecular formula is C16H23N5OS. The molecule has 2 N–H and O–H groups in total. The van der Waals surface area contributed by atoms with Crippen LogP contribution in [-0.4, -0.2) is 45.5 Å². The molecule has 0 aliphatic rings. The van der Waals surface area contributed by atoms with Gasteiger partial charge in [0.1, 0.15) is 0 Å². The van der Waals surface area contributed by atoms with Crippen molar-refractivity contribution in [3.05, 3.63) is 29.8 Å². The van der Waals surface area contributed by atoms with Gasteiger partial charge in [0.25, 0.3) is 0 Å². The van der Waals surface area contributed by atoms with E-state index in [4.69, 9.17) is 5.84 Å². The number of carbonyl (C=O) groups excluding carboxylic acids is 1. The van der Waals surface area contributed by atoms with Gasteiger partial charge in [-0.2, -0.15) is 0 Å². The zero-order valence-electron chi connectivity index (χ0n) is 14.2. The van der Waals surface area contributed by atoms with E-state index in [1.54, 1.807) is 14.1 Å². The van der Waals surface area contributed by atoms with Gasteiger partial charge < -0.3 is 10.7 Å². The Bertz CT molecular complexity index is 685. The predicted molar refractivity (Wildman–Crippen MR) is 93.7 cm³/mol. The summed E-state index contributed by atoms with van der Waals surface area (Å²) in [4.78, 5) is 13.2. The van der Waals surface area contributed by atoms with Crippen LogP contribution in [-0.2, 0) is 10.2 Å². The summed E-state index contributed by atoms with van der Waals surface area (Å²) in [5.41, 5.74) is 2.25. The molecule has 1 aromatic carbocycles. The summed E-state index contributed by atoms with van der Waals surface area (Å²) in [5.74, 6) is 6.95. The van der Waals surface area contributed by atoms with Crippen molar-refractivity contribution in [3.63, 3.8) is 0 Å². The summed E-state index contributed by atoms with van der Waals surface area (Å²) in [6.07, 6.45) is 0. The minimum Gasteiger partial charge on any atom is -0.348 e. The molecule has 0 unspecified atom stereocenters. The highest BCUT2D eigenvalue weighted by Crippen LogP contribution is 2.26. The van der Waals surface area contributed by atoms with Gasteiger partial charge in [0, 0.05) is 19.7 Å². The maximum Gasteiger partial charge on any atom is 0.232 e. The molecule has 0 saturated carbocycles. The first-order valence-corrected chi connectivity index (χ1v) is 8.33. The Morgan fingerprint density at radius 1 is 1.22 bits per heavy atom. The summed E-state index contributed by atoms with van der Waals surface area (Å²) >= 11 is 1.28. The van der Waals surface area contributed by atoms with Crippen molar-refractivity contribution >= 4 is 17.7 Å². The van der Waals surface area contributed by atoms with E-state index in [0.29, 0.717) is 11.0 Å². The van der Waals surface area contributed by atoms with E-state index < -0.39 is 0 Å². The Kier molecular flexibility index (Phi) is 4.99. The molecular weight excluding hydrogens is 310 g/mol. The molecule has 7 heteroatoms. The molecule has 6 nitrogen and oxygen atoms in total. The quantitative estimate of drug-likeness (QED) is 0.685. The Morgan fingerprint density at radius 2 is 1.83 bits per heavy atom. The first-order chi connectivity index (χ1) is 10.7. The van der Waals surface area contributed by atoms with Crippen molar-refractivity contribution in [3.8, 4) is 11.4 Å². The average molecular weight is 333 g/mol. The number of amides is 1. The molecule has 0 radical (unpaired) electrons. The van der Waals surface area contributed by atoms with E-state index in [1.165, 1.54) is 26.9 Å². The first kappa shape index (κ1) is 17.3. The van der Waals surface area contributed by atoms with Crippen LogP contribution in [0.2, 0.25) is 0 Å². The maximum atomic E-state index is 11.6. The Hall–Kier alpha value is -2.02. The van der Waals surface area contributed by atoms with E-state index in [2.05, 4.69) is 43.1 Å². The van der Waals surface area contributed by atoms with Gasteiger partial charge in [0.2, 0.25) is 11.1 Å². The standard InChI is InChI=1S/C16H23N5OS/c1-16(2,3)12-8-6-11(7-9-12)14-18-19-15(21(14)17)23-10-13(22)20(4)5/h6-9H,10,17H2,1-5H3. The van der Waals surface area contributed by atoms with Crippen molar-refractivity contribution < 1.29 is 4.79 Å². The lowest BCUT2D eigenvalue weighted by Gasteiger charge is -2.19. The fourth-order valence-corrected chi connectivity index (χ4v) is 2.78. The van der Waals surface area contributed by atoms with Crippen molar-refractivity contribution in [2.24, 2.45) is 0 Å². The van der Waals surface area contributed by atoms with Crippen LogP contribution < -0.4 is 5.84 Å². The third-order valence-corrected chi connectivity index (χ3v) is 4.43. The highest BCUT2D eigenvalue weighted by Gasteiger charge is 2.16. The summed E-state index contributed by atoms with van der Waals surface area (Å²) in [6.45, 7) is 6.51. The molecule has 2 aromatic rings. The number of nitrogen functional groups attached to an aromatic ring is 1. The van der Waals surface area contributed by atoms with Crippen LogP contribution >= 0.6 is 11.8 Å². The zero-order chi connectivity index (χ0) is 17.2. The molecule has 0 aliphatic heterocycles. The van der Waals surface area contributed by atoms with Gasteiger partial charge in [0.05, 0.1) is 5.75 Å². The van der Waals surface area contributed by atoms with E-state index in [-0.39, 0.29) is 17.1 Å². The van der Waals surface area contributed by atoms with Crippen LogP contribution in [0, 0.1) is 0 Å². The Labute approximate surface area is 141 Å². The van der Waals surface area contributed by atoms with Gasteiger partial charge >= 0.3 is 0 Å². The average Bonchev–Trinajstić information content (AvgIpc) is 2.85. The predicted octanol–water partition coefficient (Wildman–Crippen LogP) is 2.14. The van der Waals surface area contributed by atoms with Crippen LogP contribution in [0.3, 0.4) is 0 Å². The molecule has 1 amide bonds. The molecule has 0 bridgehead atoms. The molecule has 0 atom stereocenters. The van der Waals surface area contributed by atoms with Gasteiger partial charge in [-0.3, -0.25) is 4.79 Å². The SMILES string of the molecule is CN(C)C(=O)CSc1nnc(-c2ccc(C(C)(C)C)cc2)n1N. The van der Waals surface area contributed by atoms with Crippen LogP contribution in [0.1, 0.15) is 26.3 Å². The molecule has 1 heterocycles. The van der Waals surface area contributed by atoms with Crippen molar-refractivity contribution in [1.82, 2.24) is 19.8 Å². The largest absolute Gasteiger partial charge is 0.348 e. The number of rotatable bonds is 4. The molecule has 124 valence electrons. The lowest BCUT2D eigenvalue weighted by atomic mass is 9.87. The van der Waals surface area contributed by atoms with Crippen LogP contribution in [0.4, 0.5) is 0 Å². The number of nitrogens with zero attached hydrogens (tertiary/aromatic N) is 4. The number of hydrogen-bond acceptors (Lipinski definition) is 5. The molecule has 0 aliphatic carbocycles. The second kappa shape index (κ2) is 6.62. The van der Waals surface area contributed by atoms with Crippen LogP contribution in [0.25, 0.3) is 11.4 Å². The highest BCUT2D eigenvalue weighted by molar-refractivity contribution is 7.99. The number of aromatic nitrogens is 3. The van der Waals surface area contributed by atoms with Crippen molar-refractivity contribution in [2.75, 3.05) is 25.7 Å². The molecule has 23 heavy (non-hydrogen) atoms. The number of benzene rings is 1. The van der Waals surface area contributed by atoms with Crippen LogP contribution in [0.15, 0.2) is 29.4 Å². The molecule has 0 saturated heterocycles. The summed E-state index contributed by atoms with van der Waals surface area (Å²) in [6, 6.07) is 8.14. The van der Waals surface area contributed by atoms with E-state index in [9.17, 15) is 4.79 Å². The lowest BCUT2D eigenvalue weighted by Crippen LogP contribution is -2.24.